The van der Waals surface area contributed by atoms with Gasteiger partial charge in [0.05, 0.1) is 11.2 Å². The van der Waals surface area contributed by atoms with Crippen LogP contribution in [0.3, 0.4) is 0 Å². The van der Waals surface area contributed by atoms with Gasteiger partial charge in [-0.15, -0.1) is 0 Å². The summed E-state index contributed by atoms with van der Waals surface area (Å²) in [6.45, 7) is 4.04. The zero-order chi connectivity index (χ0) is 12.4. The molecule has 2 rings (SSSR count). The second-order valence-electron chi connectivity index (χ2n) is 3.69. The lowest BCUT2D eigenvalue weighted by atomic mass is 10.2. The van der Waals surface area contributed by atoms with Gasteiger partial charge in [-0.25, -0.2) is 0 Å². The van der Waals surface area contributed by atoms with Gasteiger partial charge in [0.25, 0.3) is 5.91 Å². The predicted octanol–water partition coefficient (Wildman–Crippen LogP) is 2.39. The molecule has 0 fully saturated rings. The number of carbonyl (C=O) groups excluding carboxylic acids is 1. The molecule has 17 heavy (non-hydrogen) atoms. The van der Waals surface area contributed by atoms with E-state index in [1.807, 2.05) is 12.1 Å². The average Bonchev–Trinajstić information content (AvgIpc) is 2.71. The molecule has 0 atom stereocenters. The van der Waals surface area contributed by atoms with Crippen molar-refractivity contribution in [2.45, 2.75) is 0 Å². The third kappa shape index (κ3) is 2.50. The van der Waals surface area contributed by atoms with Crippen molar-refractivity contribution in [3.05, 3.63) is 41.0 Å². The number of hydrogen-bond acceptors (Lipinski definition) is 2. The molecule has 4 N–H and O–H groups in total. The summed E-state index contributed by atoms with van der Waals surface area (Å²) in [6, 6.07) is 7.33. The molecule has 0 radical (unpaired) electrons. The lowest BCUT2D eigenvalue weighted by Gasteiger charge is -2.01. The van der Waals surface area contributed by atoms with Gasteiger partial charge in [0.1, 0.15) is 5.69 Å². The predicted molar refractivity (Wildman–Crippen MR) is 73.1 cm³/mol. The van der Waals surface area contributed by atoms with E-state index in [1.54, 1.807) is 12.1 Å². The SMILES string of the molecule is C=C(Br)CNC(=O)c1cc2cccc(N)c2[nH]1. The van der Waals surface area contributed by atoms with Crippen LogP contribution in [0.5, 0.6) is 0 Å². The Hall–Kier alpha value is -1.75. The number of hydrogen-bond donors (Lipinski definition) is 3. The standard InChI is InChI=1S/C12H12BrN3O/c1-7(13)6-15-12(17)10-5-8-3-2-4-9(14)11(8)16-10/h2-5,16H,1,6,14H2,(H,15,17). The van der Waals surface area contributed by atoms with E-state index in [2.05, 4.69) is 32.8 Å². The molecule has 0 saturated heterocycles. The number of anilines is 1. The van der Waals surface area contributed by atoms with Gasteiger partial charge in [-0.2, -0.15) is 0 Å². The van der Waals surface area contributed by atoms with Gasteiger partial charge in [0, 0.05) is 16.4 Å². The van der Waals surface area contributed by atoms with Crippen molar-refractivity contribution in [2.24, 2.45) is 0 Å². The first-order valence-corrected chi connectivity index (χ1v) is 5.86. The molecule has 1 amide bonds. The number of halogens is 1. The largest absolute Gasteiger partial charge is 0.397 e. The molecule has 1 aromatic heterocycles. The normalized spacial score (nSPS) is 10.4. The van der Waals surface area contributed by atoms with Gasteiger partial charge < -0.3 is 16.0 Å². The fourth-order valence-corrected chi connectivity index (χ4v) is 1.71. The van der Waals surface area contributed by atoms with Crippen molar-refractivity contribution in [3.63, 3.8) is 0 Å². The molecule has 5 heteroatoms. The Labute approximate surface area is 107 Å². The molecule has 0 aliphatic carbocycles. The third-order valence-corrected chi connectivity index (χ3v) is 2.65. The summed E-state index contributed by atoms with van der Waals surface area (Å²) in [7, 11) is 0. The minimum Gasteiger partial charge on any atom is -0.397 e. The van der Waals surface area contributed by atoms with E-state index < -0.39 is 0 Å². The molecule has 2 aromatic rings. The summed E-state index contributed by atoms with van der Waals surface area (Å²) in [5.74, 6) is -0.179. The first-order valence-electron chi connectivity index (χ1n) is 5.06. The molecule has 88 valence electrons. The van der Waals surface area contributed by atoms with E-state index in [1.165, 1.54) is 0 Å². The molecule has 1 aromatic carbocycles. The van der Waals surface area contributed by atoms with Crippen LogP contribution in [0.15, 0.2) is 35.3 Å². The van der Waals surface area contributed by atoms with Crippen molar-refractivity contribution in [3.8, 4) is 0 Å². The smallest absolute Gasteiger partial charge is 0.268 e. The van der Waals surface area contributed by atoms with E-state index >= 15 is 0 Å². The summed E-state index contributed by atoms with van der Waals surface area (Å²) in [6.07, 6.45) is 0. The van der Waals surface area contributed by atoms with Crippen LogP contribution in [0.4, 0.5) is 5.69 Å². The Morgan fingerprint density at radius 2 is 2.29 bits per heavy atom. The molecule has 1 heterocycles. The first kappa shape index (κ1) is 11.7. The number of amides is 1. The number of para-hydroxylation sites is 1. The number of nitrogens with one attached hydrogen (secondary N) is 2. The number of nitrogens with two attached hydrogens (primary N) is 1. The van der Waals surface area contributed by atoms with Gasteiger partial charge in [-0.1, -0.05) is 34.6 Å². The van der Waals surface area contributed by atoms with Gasteiger partial charge >= 0.3 is 0 Å². The zero-order valence-corrected chi connectivity index (χ0v) is 10.7. The summed E-state index contributed by atoms with van der Waals surface area (Å²) in [4.78, 5) is 14.8. The number of benzene rings is 1. The number of H-pyrrole nitrogens is 1. The topological polar surface area (TPSA) is 70.9 Å². The van der Waals surface area contributed by atoms with Gasteiger partial charge in [0.15, 0.2) is 0 Å². The average molecular weight is 294 g/mol. The Morgan fingerprint density at radius 1 is 1.53 bits per heavy atom. The van der Waals surface area contributed by atoms with Crippen molar-refractivity contribution < 1.29 is 4.79 Å². The summed E-state index contributed by atoms with van der Waals surface area (Å²) < 4.78 is 0.724. The molecular formula is C12H12BrN3O. The molecule has 4 nitrogen and oxygen atoms in total. The van der Waals surface area contributed by atoms with Gasteiger partial charge in [-0.05, 0) is 12.1 Å². The van der Waals surface area contributed by atoms with Crippen molar-refractivity contribution in [1.82, 2.24) is 10.3 Å². The van der Waals surface area contributed by atoms with Crippen molar-refractivity contribution >= 4 is 38.4 Å². The van der Waals surface area contributed by atoms with E-state index in [0.717, 1.165) is 15.4 Å². The highest BCUT2D eigenvalue weighted by Crippen LogP contribution is 2.20. The Kier molecular flexibility index (Phi) is 3.19. The molecule has 0 unspecified atom stereocenters. The number of fused-ring (bicyclic) bond motifs is 1. The van der Waals surface area contributed by atoms with Crippen LogP contribution in [-0.4, -0.2) is 17.4 Å². The summed E-state index contributed by atoms with van der Waals surface area (Å²) in [5, 5.41) is 3.65. The lowest BCUT2D eigenvalue weighted by molar-refractivity contribution is 0.0953. The first-order chi connectivity index (χ1) is 8.08. The number of aromatic nitrogens is 1. The van der Waals surface area contributed by atoms with Crippen LogP contribution in [-0.2, 0) is 0 Å². The second kappa shape index (κ2) is 4.63. The molecule has 0 aliphatic rings. The van der Waals surface area contributed by atoms with Crippen LogP contribution >= 0.6 is 15.9 Å². The minimum absolute atomic E-state index is 0.179. The van der Waals surface area contributed by atoms with Crippen LogP contribution in [0.1, 0.15) is 10.5 Å². The second-order valence-corrected chi connectivity index (χ2v) is 4.82. The summed E-state index contributed by atoms with van der Waals surface area (Å²) in [5.41, 5.74) is 7.72. The van der Waals surface area contributed by atoms with Gasteiger partial charge in [-0.3, -0.25) is 4.79 Å². The van der Waals surface area contributed by atoms with Crippen LogP contribution in [0.2, 0.25) is 0 Å². The van der Waals surface area contributed by atoms with Crippen molar-refractivity contribution in [1.29, 1.82) is 0 Å². The minimum atomic E-state index is -0.179. The number of nitrogen functional groups attached to an aromatic ring is 1. The van der Waals surface area contributed by atoms with Gasteiger partial charge in [0.2, 0.25) is 0 Å². The number of carbonyl (C=O) groups is 1. The highest BCUT2D eigenvalue weighted by molar-refractivity contribution is 9.11. The third-order valence-electron chi connectivity index (χ3n) is 2.37. The van der Waals surface area contributed by atoms with E-state index in [9.17, 15) is 4.79 Å². The fraction of sp³-hybridized carbons (Fsp3) is 0.0833. The van der Waals surface area contributed by atoms with Crippen LogP contribution in [0.25, 0.3) is 10.9 Å². The summed E-state index contributed by atoms with van der Waals surface area (Å²) >= 11 is 3.18. The molecule has 0 spiro atoms. The van der Waals surface area contributed by atoms with E-state index in [0.29, 0.717) is 17.9 Å². The highest BCUT2D eigenvalue weighted by atomic mass is 79.9. The Balaban J connectivity index is 2.27. The molecule has 0 saturated carbocycles. The molecular weight excluding hydrogens is 282 g/mol. The van der Waals surface area contributed by atoms with Crippen LogP contribution < -0.4 is 11.1 Å². The number of rotatable bonds is 3. The van der Waals surface area contributed by atoms with E-state index in [-0.39, 0.29) is 5.91 Å². The molecule has 0 aliphatic heterocycles. The maximum atomic E-state index is 11.8. The Bertz CT molecular complexity index is 588. The maximum absolute atomic E-state index is 11.8. The fourth-order valence-electron chi connectivity index (χ4n) is 1.57. The maximum Gasteiger partial charge on any atom is 0.268 e. The van der Waals surface area contributed by atoms with Crippen LogP contribution in [0, 0.1) is 0 Å². The molecule has 0 bridgehead atoms. The Morgan fingerprint density at radius 3 is 2.94 bits per heavy atom. The number of aromatic amines is 1. The highest BCUT2D eigenvalue weighted by Gasteiger charge is 2.10. The lowest BCUT2D eigenvalue weighted by Crippen LogP contribution is -2.24. The zero-order valence-electron chi connectivity index (χ0n) is 9.09. The monoisotopic (exact) mass is 293 g/mol. The van der Waals surface area contributed by atoms with E-state index in [4.69, 9.17) is 5.73 Å². The van der Waals surface area contributed by atoms with Crippen molar-refractivity contribution in [2.75, 3.05) is 12.3 Å². The quantitative estimate of drug-likeness (QED) is 0.761.